The van der Waals surface area contributed by atoms with Crippen molar-refractivity contribution < 1.29 is 23.0 Å². The standard InChI is InChI=1S/C31H34F2N2O3/c1-19(2)30-28(31(36)34-16-22-13-20(3)29(33)26(32)14-22)25-10-9-23(38-24-11-12-37-18-24)15-27(25)35(30)17-21-7-5-4-6-8-21/h4-10,14-15,19-20,24H,11-13,16-18H2,1-3H3,(H,34,36). The molecule has 0 saturated carbocycles. The number of ether oxygens (including phenoxy) is 2. The average Bonchev–Trinajstić information content (AvgIpc) is 3.52. The van der Waals surface area contributed by atoms with Crippen LogP contribution in [-0.2, 0) is 11.3 Å². The van der Waals surface area contributed by atoms with E-state index in [1.807, 2.05) is 36.4 Å². The van der Waals surface area contributed by atoms with Crippen LogP contribution < -0.4 is 10.1 Å². The number of rotatable bonds is 8. The number of halogens is 2. The normalized spacial score (nSPS) is 19.8. The van der Waals surface area contributed by atoms with Crippen molar-refractivity contribution in [2.75, 3.05) is 19.8 Å². The van der Waals surface area contributed by atoms with E-state index in [9.17, 15) is 13.6 Å². The second-order valence-electron chi connectivity index (χ2n) is 10.6. The SMILES string of the molecule is CC1CC(CNC(=O)c2c(C(C)C)n(Cc3ccccc3)c3cc(OC4CCOC4)ccc23)=CC(F)=C1F. The lowest BCUT2D eigenvalue weighted by Crippen LogP contribution is -2.28. The minimum atomic E-state index is -0.851. The van der Waals surface area contributed by atoms with E-state index >= 15 is 0 Å². The molecule has 2 aromatic carbocycles. The summed E-state index contributed by atoms with van der Waals surface area (Å²) in [4.78, 5) is 13.7. The van der Waals surface area contributed by atoms with Gasteiger partial charge in [-0.3, -0.25) is 4.79 Å². The fourth-order valence-electron chi connectivity index (χ4n) is 5.43. The van der Waals surface area contributed by atoms with Crippen molar-refractivity contribution in [3.63, 3.8) is 0 Å². The lowest BCUT2D eigenvalue weighted by atomic mass is 9.94. The first-order chi connectivity index (χ1) is 18.3. The molecular formula is C31H34F2N2O3. The number of allylic oxidation sites excluding steroid dienone is 3. The molecule has 3 aromatic rings. The Hall–Kier alpha value is -3.45. The molecule has 2 heterocycles. The molecule has 2 unspecified atom stereocenters. The molecule has 1 aliphatic carbocycles. The maximum absolute atomic E-state index is 14.0. The van der Waals surface area contributed by atoms with Crippen molar-refractivity contribution in [3.8, 4) is 5.75 Å². The third-order valence-electron chi connectivity index (χ3n) is 7.26. The zero-order chi connectivity index (χ0) is 26.8. The largest absolute Gasteiger partial charge is 0.488 e. The predicted octanol–water partition coefficient (Wildman–Crippen LogP) is 6.83. The van der Waals surface area contributed by atoms with Gasteiger partial charge in [-0.2, -0.15) is 0 Å². The predicted molar refractivity (Wildman–Crippen MR) is 145 cm³/mol. The number of nitrogens with zero attached hydrogens (tertiary/aromatic N) is 1. The Labute approximate surface area is 222 Å². The Kier molecular flexibility index (Phi) is 7.65. The Morgan fingerprint density at radius 1 is 1.18 bits per heavy atom. The smallest absolute Gasteiger partial charge is 0.254 e. The van der Waals surface area contributed by atoms with Gasteiger partial charge < -0.3 is 19.4 Å². The number of nitrogens with one attached hydrogen (secondary N) is 1. The molecule has 200 valence electrons. The summed E-state index contributed by atoms with van der Waals surface area (Å²) in [6.07, 6.45) is 2.44. The molecule has 1 fully saturated rings. The maximum Gasteiger partial charge on any atom is 0.254 e. The average molecular weight is 521 g/mol. The van der Waals surface area contributed by atoms with Gasteiger partial charge in [0.25, 0.3) is 5.91 Å². The van der Waals surface area contributed by atoms with Crippen LogP contribution in [0.4, 0.5) is 8.78 Å². The summed E-state index contributed by atoms with van der Waals surface area (Å²) in [6.45, 7) is 7.84. The van der Waals surface area contributed by atoms with E-state index in [4.69, 9.17) is 9.47 Å². The summed E-state index contributed by atoms with van der Waals surface area (Å²) in [5.41, 5.74) is 4.23. The number of carbonyl (C=O) groups is 1. The molecule has 1 N–H and O–H groups in total. The lowest BCUT2D eigenvalue weighted by Gasteiger charge is -2.19. The number of hydrogen-bond acceptors (Lipinski definition) is 3. The van der Waals surface area contributed by atoms with Gasteiger partial charge in [-0.05, 0) is 41.7 Å². The van der Waals surface area contributed by atoms with Gasteiger partial charge in [-0.1, -0.05) is 51.1 Å². The molecular weight excluding hydrogens is 486 g/mol. The molecule has 5 nitrogen and oxygen atoms in total. The monoisotopic (exact) mass is 520 g/mol. The third kappa shape index (κ3) is 5.39. The Morgan fingerprint density at radius 2 is 1.97 bits per heavy atom. The van der Waals surface area contributed by atoms with Crippen LogP contribution in [0.25, 0.3) is 10.9 Å². The fourth-order valence-corrected chi connectivity index (χ4v) is 5.43. The van der Waals surface area contributed by atoms with Gasteiger partial charge in [0.1, 0.15) is 17.7 Å². The molecule has 7 heteroatoms. The van der Waals surface area contributed by atoms with Crippen LogP contribution in [0.15, 0.2) is 71.8 Å². The lowest BCUT2D eigenvalue weighted by molar-refractivity contribution is 0.0956. The number of aromatic nitrogens is 1. The van der Waals surface area contributed by atoms with Crippen LogP contribution >= 0.6 is 0 Å². The molecule has 1 amide bonds. The topological polar surface area (TPSA) is 52.5 Å². The molecule has 1 saturated heterocycles. The molecule has 1 aliphatic heterocycles. The van der Waals surface area contributed by atoms with E-state index in [1.54, 1.807) is 6.92 Å². The van der Waals surface area contributed by atoms with Crippen LogP contribution in [0.2, 0.25) is 0 Å². The highest BCUT2D eigenvalue weighted by molar-refractivity contribution is 6.09. The number of amides is 1. The van der Waals surface area contributed by atoms with Gasteiger partial charge in [-0.25, -0.2) is 8.78 Å². The van der Waals surface area contributed by atoms with E-state index in [0.717, 1.165) is 34.3 Å². The van der Waals surface area contributed by atoms with Crippen molar-refractivity contribution in [3.05, 3.63) is 88.7 Å². The molecule has 0 spiro atoms. The Morgan fingerprint density at radius 3 is 2.66 bits per heavy atom. The quantitative estimate of drug-likeness (QED) is 0.354. The van der Waals surface area contributed by atoms with Crippen molar-refractivity contribution in [2.24, 2.45) is 5.92 Å². The zero-order valence-corrected chi connectivity index (χ0v) is 22.1. The van der Waals surface area contributed by atoms with Crippen molar-refractivity contribution in [1.29, 1.82) is 0 Å². The molecule has 2 atom stereocenters. The minimum Gasteiger partial charge on any atom is -0.488 e. The Balaban J connectivity index is 1.53. The van der Waals surface area contributed by atoms with Crippen molar-refractivity contribution in [1.82, 2.24) is 9.88 Å². The van der Waals surface area contributed by atoms with Crippen LogP contribution in [0.1, 0.15) is 61.1 Å². The van der Waals surface area contributed by atoms with Gasteiger partial charge in [0.15, 0.2) is 5.83 Å². The maximum atomic E-state index is 14.0. The Bertz CT molecular complexity index is 1390. The molecule has 0 bridgehead atoms. The highest BCUT2D eigenvalue weighted by Gasteiger charge is 2.27. The first-order valence-corrected chi connectivity index (χ1v) is 13.3. The molecule has 5 rings (SSSR count). The zero-order valence-electron chi connectivity index (χ0n) is 22.1. The van der Waals surface area contributed by atoms with E-state index in [2.05, 4.69) is 35.9 Å². The minimum absolute atomic E-state index is 0.0164. The number of fused-ring (bicyclic) bond motifs is 1. The van der Waals surface area contributed by atoms with E-state index in [-0.39, 0.29) is 24.5 Å². The highest BCUT2D eigenvalue weighted by atomic mass is 19.2. The van der Waals surface area contributed by atoms with E-state index in [0.29, 0.717) is 37.3 Å². The number of carbonyl (C=O) groups excluding carboxylic acids is 1. The van der Waals surface area contributed by atoms with Gasteiger partial charge in [0.05, 0.1) is 24.3 Å². The molecule has 0 radical (unpaired) electrons. The first-order valence-electron chi connectivity index (χ1n) is 13.3. The highest BCUT2D eigenvalue weighted by Crippen LogP contribution is 2.35. The third-order valence-corrected chi connectivity index (χ3v) is 7.26. The van der Waals surface area contributed by atoms with Crippen LogP contribution in [-0.4, -0.2) is 36.3 Å². The van der Waals surface area contributed by atoms with Gasteiger partial charge >= 0.3 is 0 Å². The number of hydrogen-bond donors (Lipinski definition) is 1. The van der Waals surface area contributed by atoms with Gasteiger partial charge in [0, 0.05) is 42.6 Å². The second-order valence-corrected chi connectivity index (χ2v) is 10.6. The van der Waals surface area contributed by atoms with Gasteiger partial charge in [0.2, 0.25) is 0 Å². The summed E-state index contributed by atoms with van der Waals surface area (Å²) in [7, 11) is 0. The van der Waals surface area contributed by atoms with Crippen LogP contribution in [0.3, 0.4) is 0 Å². The summed E-state index contributed by atoms with van der Waals surface area (Å²) >= 11 is 0. The van der Waals surface area contributed by atoms with E-state index < -0.39 is 17.6 Å². The van der Waals surface area contributed by atoms with E-state index in [1.165, 1.54) is 6.08 Å². The molecule has 1 aromatic heterocycles. The molecule has 38 heavy (non-hydrogen) atoms. The first kappa shape index (κ1) is 26.2. The van der Waals surface area contributed by atoms with Gasteiger partial charge in [-0.15, -0.1) is 0 Å². The summed E-state index contributed by atoms with van der Waals surface area (Å²) in [6, 6.07) is 16.0. The summed E-state index contributed by atoms with van der Waals surface area (Å²) in [5, 5.41) is 3.82. The summed E-state index contributed by atoms with van der Waals surface area (Å²) < 4.78 is 41.7. The summed E-state index contributed by atoms with van der Waals surface area (Å²) in [5.74, 6) is -1.54. The fraction of sp³-hybridized carbons (Fsp3) is 0.387. The van der Waals surface area contributed by atoms with Crippen LogP contribution in [0.5, 0.6) is 5.75 Å². The van der Waals surface area contributed by atoms with Crippen molar-refractivity contribution >= 4 is 16.8 Å². The number of benzene rings is 2. The molecule has 2 aliphatic rings. The second kappa shape index (κ2) is 11.1. The van der Waals surface area contributed by atoms with Crippen LogP contribution in [0, 0.1) is 5.92 Å². The van der Waals surface area contributed by atoms with Crippen molar-refractivity contribution in [2.45, 2.75) is 52.2 Å².